The van der Waals surface area contributed by atoms with Crippen molar-refractivity contribution in [1.82, 2.24) is 15.8 Å². The summed E-state index contributed by atoms with van der Waals surface area (Å²) >= 11 is 0. The topological polar surface area (TPSA) is 94.2 Å². The van der Waals surface area contributed by atoms with Gasteiger partial charge in [-0.05, 0) is 11.6 Å². The van der Waals surface area contributed by atoms with Crippen molar-refractivity contribution in [2.24, 2.45) is 0 Å². The number of hydrazine groups is 1. The maximum absolute atomic E-state index is 13.6. The number of benzene rings is 2. The number of phenols is 1. The summed E-state index contributed by atoms with van der Waals surface area (Å²) in [5.74, 6) is -4.75. The fourth-order valence-electron chi connectivity index (χ4n) is 2.47. The third-order valence-electron chi connectivity index (χ3n) is 3.60. The van der Waals surface area contributed by atoms with E-state index in [0.717, 1.165) is 16.5 Å². The van der Waals surface area contributed by atoms with Gasteiger partial charge in [-0.15, -0.1) is 0 Å². The van der Waals surface area contributed by atoms with Crippen molar-refractivity contribution in [1.29, 1.82) is 0 Å². The molecule has 0 fully saturated rings. The Kier molecular flexibility index (Phi) is 4.34. The van der Waals surface area contributed by atoms with Crippen molar-refractivity contribution < 1.29 is 23.5 Å². The Hall–Kier alpha value is -3.42. The first kappa shape index (κ1) is 16.4. The molecular formula is C17H13F2N3O3. The summed E-state index contributed by atoms with van der Waals surface area (Å²) < 4.78 is 26.5. The number of carbonyl (C=O) groups is 2. The number of carbonyl (C=O) groups excluding carboxylic acids is 2. The van der Waals surface area contributed by atoms with Crippen LogP contribution in [-0.2, 0) is 11.2 Å². The molecule has 0 radical (unpaired) electrons. The number of H-pyrrole nitrogens is 1. The van der Waals surface area contributed by atoms with E-state index in [-0.39, 0.29) is 6.42 Å². The zero-order valence-electron chi connectivity index (χ0n) is 12.8. The van der Waals surface area contributed by atoms with E-state index in [1.807, 2.05) is 29.7 Å². The second kappa shape index (κ2) is 6.60. The quantitative estimate of drug-likeness (QED) is 0.548. The molecule has 0 aliphatic carbocycles. The number of aromatic amines is 1. The number of fused-ring (bicyclic) bond motifs is 1. The number of hydrogen-bond acceptors (Lipinski definition) is 3. The fraction of sp³-hybridized carbons (Fsp3) is 0.0588. The van der Waals surface area contributed by atoms with Gasteiger partial charge >= 0.3 is 0 Å². The smallest absolute Gasteiger partial charge is 0.276 e. The molecule has 2 aromatic carbocycles. The summed E-state index contributed by atoms with van der Waals surface area (Å²) in [6.07, 6.45) is 1.65. The first-order valence-electron chi connectivity index (χ1n) is 7.28. The van der Waals surface area contributed by atoms with E-state index in [4.69, 9.17) is 0 Å². The molecular weight excluding hydrogens is 332 g/mol. The lowest BCUT2D eigenvalue weighted by Gasteiger charge is -2.09. The van der Waals surface area contributed by atoms with Gasteiger partial charge in [0, 0.05) is 29.2 Å². The molecule has 2 amide bonds. The average Bonchev–Trinajstić information content (AvgIpc) is 2.95. The fourth-order valence-corrected chi connectivity index (χ4v) is 2.47. The van der Waals surface area contributed by atoms with Crippen molar-refractivity contribution in [2.45, 2.75) is 6.42 Å². The largest absolute Gasteiger partial charge is 0.507 e. The van der Waals surface area contributed by atoms with Crippen LogP contribution in [-0.4, -0.2) is 21.9 Å². The lowest BCUT2D eigenvalue weighted by molar-refractivity contribution is -0.121. The first-order valence-corrected chi connectivity index (χ1v) is 7.28. The van der Waals surface area contributed by atoms with Crippen molar-refractivity contribution in [3.63, 3.8) is 0 Å². The van der Waals surface area contributed by atoms with Crippen LogP contribution in [0, 0.1) is 11.6 Å². The third kappa shape index (κ3) is 3.42. The monoisotopic (exact) mass is 345 g/mol. The van der Waals surface area contributed by atoms with E-state index in [2.05, 4.69) is 10.4 Å². The number of amides is 2. The van der Waals surface area contributed by atoms with Crippen molar-refractivity contribution >= 4 is 22.7 Å². The number of phenolic OH excluding ortho intramolecular Hbond substituents is 1. The van der Waals surface area contributed by atoms with Crippen molar-refractivity contribution in [2.75, 3.05) is 0 Å². The highest BCUT2D eigenvalue weighted by Gasteiger charge is 2.19. The van der Waals surface area contributed by atoms with E-state index in [1.165, 1.54) is 0 Å². The lowest BCUT2D eigenvalue weighted by atomic mass is 10.1. The van der Waals surface area contributed by atoms with E-state index >= 15 is 0 Å². The molecule has 1 aromatic heterocycles. The van der Waals surface area contributed by atoms with Gasteiger partial charge in [0.25, 0.3) is 5.91 Å². The van der Waals surface area contributed by atoms with Gasteiger partial charge in [-0.1, -0.05) is 18.2 Å². The molecule has 128 valence electrons. The normalized spacial score (nSPS) is 10.6. The van der Waals surface area contributed by atoms with Crippen LogP contribution in [0.5, 0.6) is 5.75 Å². The Morgan fingerprint density at radius 2 is 1.88 bits per heavy atom. The molecule has 3 rings (SSSR count). The molecule has 0 atom stereocenters. The lowest BCUT2D eigenvalue weighted by Crippen LogP contribution is -2.42. The molecule has 0 saturated carbocycles. The summed E-state index contributed by atoms with van der Waals surface area (Å²) in [6, 6.07) is 8.46. The molecule has 0 spiro atoms. The zero-order valence-corrected chi connectivity index (χ0v) is 12.8. The third-order valence-corrected chi connectivity index (χ3v) is 3.60. The van der Waals surface area contributed by atoms with Crippen LogP contribution in [0.2, 0.25) is 0 Å². The minimum absolute atomic E-state index is 0.0256. The number of halogens is 2. The predicted octanol–water partition coefficient (Wildman–Crippen LogP) is 2.16. The van der Waals surface area contributed by atoms with Crippen molar-refractivity contribution in [3.8, 4) is 5.75 Å². The Morgan fingerprint density at radius 1 is 1.12 bits per heavy atom. The number of hydrogen-bond donors (Lipinski definition) is 4. The highest BCUT2D eigenvalue weighted by atomic mass is 19.1. The molecule has 1 heterocycles. The van der Waals surface area contributed by atoms with E-state index < -0.39 is 34.8 Å². The summed E-state index contributed by atoms with van der Waals surface area (Å²) in [6.45, 7) is 0. The minimum Gasteiger partial charge on any atom is -0.507 e. The van der Waals surface area contributed by atoms with E-state index in [1.54, 1.807) is 6.20 Å². The van der Waals surface area contributed by atoms with Crippen LogP contribution in [0.3, 0.4) is 0 Å². The second-order valence-electron chi connectivity index (χ2n) is 5.32. The number of rotatable bonds is 3. The van der Waals surface area contributed by atoms with Gasteiger partial charge in [-0.25, -0.2) is 8.78 Å². The summed E-state index contributed by atoms with van der Waals surface area (Å²) in [7, 11) is 0. The SMILES string of the molecule is O=C(Cc1c[nH]c2ccccc12)NNC(=O)c1c(O)cc(F)cc1F. The first-order chi connectivity index (χ1) is 12.0. The van der Waals surface area contributed by atoms with Gasteiger partial charge in [0.2, 0.25) is 5.91 Å². The van der Waals surface area contributed by atoms with Gasteiger partial charge < -0.3 is 10.1 Å². The predicted molar refractivity (Wildman–Crippen MR) is 85.6 cm³/mol. The van der Waals surface area contributed by atoms with Gasteiger partial charge in [0.15, 0.2) is 0 Å². The molecule has 0 aliphatic rings. The van der Waals surface area contributed by atoms with Crippen LogP contribution >= 0.6 is 0 Å². The Balaban J connectivity index is 1.65. The van der Waals surface area contributed by atoms with Crippen LogP contribution < -0.4 is 10.9 Å². The van der Waals surface area contributed by atoms with Crippen LogP contribution in [0.4, 0.5) is 8.78 Å². The molecule has 8 heteroatoms. The van der Waals surface area contributed by atoms with E-state index in [0.29, 0.717) is 12.1 Å². The number of aromatic hydroxyl groups is 1. The minimum atomic E-state index is -1.24. The summed E-state index contributed by atoms with van der Waals surface area (Å²) in [5, 5.41) is 10.3. The number of para-hydroxylation sites is 1. The summed E-state index contributed by atoms with van der Waals surface area (Å²) in [4.78, 5) is 26.8. The molecule has 0 unspecified atom stereocenters. The highest BCUT2D eigenvalue weighted by molar-refractivity contribution is 5.98. The molecule has 0 saturated heterocycles. The number of nitrogens with one attached hydrogen (secondary N) is 3. The molecule has 4 N–H and O–H groups in total. The van der Waals surface area contributed by atoms with Gasteiger partial charge in [-0.3, -0.25) is 20.4 Å². The molecule has 3 aromatic rings. The maximum Gasteiger partial charge on any atom is 0.276 e. The summed E-state index contributed by atoms with van der Waals surface area (Å²) in [5.41, 5.74) is 4.95. The van der Waals surface area contributed by atoms with Gasteiger partial charge in [0.05, 0.1) is 6.42 Å². The Morgan fingerprint density at radius 3 is 2.64 bits per heavy atom. The van der Waals surface area contributed by atoms with Crippen LogP contribution in [0.1, 0.15) is 15.9 Å². The molecule has 0 aliphatic heterocycles. The van der Waals surface area contributed by atoms with Crippen LogP contribution in [0.15, 0.2) is 42.6 Å². The zero-order chi connectivity index (χ0) is 18.0. The number of aromatic nitrogens is 1. The molecule has 0 bridgehead atoms. The van der Waals surface area contributed by atoms with E-state index in [9.17, 15) is 23.5 Å². The molecule has 25 heavy (non-hydrogen) atoms. The maximum atomic E-state index is 13.6. The Bertz CT molecular complexity index is 946. The van der Waals surface area contributed by atoms with Crippen LogP contribution in [0.25, 0.3) is 10.9 Å². The van der Waals surface area contributed by atoms with Crippen molar-refractivity contribution in [3.05, 3.63) is 65.4 Å². The van der Waals surface area contributed by atoms with Gasteiger partial charge in [-0.2, -0.15) is 0 Å². The average molecular weight is 345 g/mol. The standard InChI is InChI=1S/C17H13F2N3O3/c18-10-6-12(19)16(14(23)7-10)17(25)22-21-15(24)5-9-8-20-13-4-2-1-3-11(9)13/h1-4,6-8,20,23H,5H2,(H,21,24)(H,22,25). The Labute approximate surface area is 140 Å². The second-order valence-corrected chi connectivity index (χ2v) is 5.32. The van der Waals surface area contributed by atoms with Gasteiger partial charge in [0.1, 0.15) is 22.9 Å². The highest BCUT2D eigenvalue weighted by Crippen LogP contribution is 2.21. The molecule has 6 nitrogen and oxygen atoms in total.